The van der Waals surface area contributed by atoms with Gasteiger partial charge in [0.05, 0.1) is 0 Å². The Morgan fingerprint density at radius 1 is 1.16 bits per heavy atom. The van der Waals surface area contributed by atoms with Crippen LogP contribution in [0.5, 0.6) is 0 Å². The molecule has 1 aromatic carbocycles. The van der Waals surface area contributed by atoms with Gasteiger partial charge in [0, 0.05) is 37.7 Å². The van der Waals surface area contributed by atoms with Crippen molar-refractivity contribution in [3.8, 4) is 0 Å². The van der Waals surface area contributed by atoms with Crippen LogP contribution in [0.2, 0.25) is 5.02 Å². The van der Waals surface area contributed by atoms with Crippen LogP contribution in [0.3, 0.4) is 0 Å². The van der Waals surface area contributed by atoms with Crippen molar-refractivity contribution in [2.75, 3.05) is 26.7 Å². The number of nitrogens with one attached hydrogen (secondary N) is 2. The minimum absolute atomic E-state index is 0.0757. The molecule has 1 aromatic rings. The summed E-state index contributed by atoms with van der Waals surface area (Å²) in [5.74, 6) is -0.812. The second-order valence-corrected chi connectivity index (χ2v) is 9.30. The zero-order chi connectivity index (χ0) is 23.3. The Kier molecular flexibility index (Phi) is 8.27. The van der Waals surface area contributed by atoms with Gasteiger partial charge in [-0.15, -0.1) is 0 Å². The Morgan fingerprint density at radius 2 is 1.81 bits per heavy atom. The largest absolute Gasteiger partial charge is 0.465 e. The van der Waals surface area contributed by atoms with Gasteiger partial charge in [-0.2, -0.15) is 0 Å². The molecule has 3 amide bonds. The van der Waals surface area contributed by atoms with Crippen molar-refractivity contribution in [3.05, 3.63) is 34.3 Å². The number of hydrogen-bond donors (Lipinski definition) is 4. The average Bonchev–Trinajstić information content (AvgIpc) is 2.69. The fourth-order valence-electron chi connectivity index (χ4n) is 3.34. The third-order valence-electron chi connectivity index (χ3n) is 5.27. The molecule has 4 N–H and O–H groups in total. The fourth-order valence-corrected chi connectivity index (χ4v) is 3.53. The molecule has 0 radical (unpaired) electrons. The number of likely N-dealkylation sites (N-methyl/N-ethyl adjacent to an activating group) is 1. The molecule has 9 nitrogen and oxygen atoms in total. The molecule has 1 aliphatic heterocycles. The molecule has 0 aromatic heterocycles. The third-order valence-corrected chi connectivity index (χ3v) is 5.51. The molecule has 10 heteroatoms. The van der Waals surface area contributed by atoms with E-state index in [2.05, 4.69) is 10.6 Å². The molecule has 31 heavy (non-hydrogen) atoms. The van der Waals surface area contributed by atoms with Gasteiger partial charge < -0.3 is 30.6 Å². The molecule has 1 heterocycles. The first-order chi connectivity index (χ1) is 14.4. The van der Waals surface area contributed by atoms with Crippen LogP contribution in [0, 0.1) is 5.41 Å². The normalized spacial score (nSPS) is 18.4. The number of halogens is 1. The zero-order valence-corrected chi connectivity index (χ0v) is 19.1. The van der Waals surface area contributed by atoms with Gasteiger partial charge >= 0.3 is 6.09 Å². The van der Waals surface area contributed by atoms with Crippen LogP contribution in [-0.2, 0) is 22.7 Å². The van der Waals surface area contributed by atoms with Crippen molar-refractivity contribution in [3.63, 3.8) is 0 Å². The van der Waals surface area contributed by atoms with Gasteiger partial charge in [-0.3, -0.25) is 9.59 Å². The molecule has 2 rings (SSSR count). The maximum Gasteiger partial charge on any atom is 0.404 e. The van der Waals surface area contributed by atoms with Crippen LogP contribution < -0.4 is 10.6 Å². The quantitative estimate of drug-likeness (QED) is 0.513. The molecule has 0 aliphatic carbocycles. The van der Waals surface area contributed by atoms with Crippen molar-refractivity contribution < 1.29 is 24.6 Å². The summed E-state index contributed by atoms with van der Waals surface area (Å²) in [6, 6.07) is 4.27. The molecule has 1 aliphatic rings. The number of carboxylic acid groups (broad SMARTS) is 1. The zero-order valence-electron chi connectivity index (χ0n) is 18.3. The van der Waals surface area contributed by atoms with Crippen molar-refractivity contribution in [1.82, 2.24) is 20.4 Å². The van der Waals surface area contributed by atoms with Gasteiger partial charge in [0.25, 0.3) is 5.91 Å². The number of aliphatic hydroxyl groups is 1. The highest BCUT2D eigenvalue weighted by Crippen LogP contribution is 2.23. The Labute approximate surface area is 187 Å². The number of amides is 3. The second kappa shape index (κ2) is 10.3. The van der Waals surface area contributed by atoms with Gasteiger partial charge in [-0.1, -0.05) is 38.4 Å². The van der Waals surface area contributed by atoms with Crippen molar-refractivity contribution in [2.45, 2.75) is 46.0 Å². The molecular formula is C21H31ClN4O5. The van der Waals surface area contributed by atoms with Crippen molar-refractivity contribution >= 4 is 29.5 Å². The van der Waals surface area contributed by atoms with Gasteiger partial charge in [0.2, 0.25) is 5.91 Å². The lowest BCUT2D eigenvalue weighted by Crippen LogP contribution is -2.62. The number of carbonyl (C=O) groups excluding carboxylic acids is 2. The van der Waals surface area contributed by atoms with Crippen LogP contribution in [0.25, 0.3) is 0 Å². The Bertz CT molecular complexity index is 826. The predicted octanol–water partition coefficient (Wildman–Crippen LogP) is 1.27. The van der Waals surface area contributed by atoms with Crippen molar-refractivity contribution in [1.29, 1.82) is 0 Å². The molecular weight excluding hydrogens is 424 g/mol. The van der Waals surface area contributed by atoms with E-state index in [9.17, 15) is 19.5 Å². The average molecular weight is 455 g/mol. The van der Waals surface area contributed by atoms with E-state index in [0.29, 0.717) is 35.8 Å². The molecule has 0 unspecified atom stereocenters. The van der Waals surface area contributed by atoms with E-state index in [0.717, 1.165) is 0 Å². The summed E-state index contributed by atoms with van der Waals surface area (Å²) in [6.45, 7) is 6.80. The highest BCUT2D eigenvalue weighted by molar-refractivity contribution is 6.30. The first kappa shape index (κ1) is 24.9. The Morgan fingerprint density at radius 3 is 2.42 bits per heavy atom. The summed E-state index contributed by atoms with van der Waals surface area (Å²) in [5.41, 5.74) is 0.712. The minimum Gasteiger partial charge on any atom is -0.465 e. The Balaban J connectivity index is 2.14. The summed E-state index contributed by atoms with van der Waals surface area (Å²) in [4.78, 5) is 40.1. The number of rotatable bonds is 6. The highest BCUT2D eigenvalue weighted by Gasteiger charge is 2.40. The lowest BCUT2D eigenvalue weighted by atomic mass is 9.88. The van der Waals surface area contributed by atoms with E-state index in [1.807, 2.05) is 11.9 Å². The number of nitrogens with zero attached hydrogens (tertiary/aromatic N) is 2. The maximum atomic E-state index is 13.0. The smallest absolute Gasteiger partial charge is 0.404 e. The van der Waals surface area contributed by atoms with E-state index in [1.54, 1.807) is 39.0 Å². The van der Waals surface area contributed by atoms with Gasteiger partial charge in [-0.25, -0.2) is 4.79 Å². The van der Waals surface area contributed by atoms with Gasteiger partial charge in [-0.05, 0) is 35.7 Å². The fraction of sp³-hybridized carbons (Fsp3) is 0.571. The SMILES string of the molecule is CN1CCN(C(=O)[C@H](O)C(C)(C)C)[C@H](C(=O)NCc2cc(Cl)ccc2CNC(=O)O)C1. The summed E-state index contributed by atoms with van der Waals surface area (Å²) in [5, 5.41) is 24.9. The molecule has 1 fully saturated rings. The van der Waals surface area contributed by atoms with Gasteiger partial charge in [0.1, 0.15) is 12.1 Å². The third kappa shape index (κ3) is 6.81. The number of hydrogen-bond acceptors (Lipinski definition) is 5. The van der Waals surface area contributed by atoms with E-state index in [1.165, 1.54) is 4.90 Å². The van der Waals surface area contributed by atoms with Crippen LogP contribution in [0.4, 0.5) is 4.79 Å². The van der Waals surface area contributed by atoms with Crippen LogP contribution in [-0.4, -0.2) is 76.7 Å². The lowest BCUT2D eigenvalue weighted by Gasteiger charge is -2.41. The van der Waals surface area contributed by atoms with Crippen LogP contribution in [0.15, 0.2) is 18.2 Å². The molecule has 0 bridgehead atoms. The molecule has 172 valence electrons. The summed E-state index contributed by atoms with van der Waals surface area (Å²) < 4.78 is 0. The number of aliphatic hydroxyl groups excluding tert-OH is 1. The van der Waals surface area contributed by atoms with Gasteiger partial charge in [0.15, 0.2) is 0 Å². The summed E-state index contributed by atoms with van der Waals surface area (Å²) in [6.07, 6.45) is -2.37. The highest BCUT2D eigenvalue weighted by atomic mass is 35.5. The maximum absolute atomic E-state index is 13.0. The first-order valence-electron chi connectivity index (χ1n) is 10.1. The monoisotopic (exact) mass is 454 g/mol. The molecule has 2 atom stereocenters. The molecule has 0 spiro atoms. The topological polar surface area (TPSA) is 122 Å². The lowest BCUT2D eigenvalue weighted by molar-refractivity contribution is -0.154. The number of benzene rings is 1. The van der Waals surface area contributed by atoms with E-state index >= 15 is 0 Å². The number of piperazine rings is 1. The van der Waals surface area contributed by atoms with Crippen molar-refractivity contribution in [2.24, 2.45) is 5.41 Å². The second-order valence-electron chi connectivity index (χ2n) is 8.87. The number of carbonyl (C=O) groups is 3. The van der Waals surface area contributed by atoms with E-state index in [4.69, 9.17) is 16.7 Å². The summed E-state index contributed by atoms with van der Waals surface area (Å²) >= 11 is 6.07. The van der Waals surface area contributed by atoms with Crippen LogP contribution >= 0.6 is 11.6 Å². The van der Waals surface area contributed by atoms with E-state index in [-0.39, 0.29) is 19.0 Å². The molecule has 1 saturated heterocycles. The van der Waals surface area contributed by atoms with Crippen LogP contribution in [0.1, 0.15) is 31.9 Å². The standard InChI is InChI=1S/C21H31ClN4O5/c1-21(2,3)17(27)19(29)26-8-7-25(4)12-16(26)18(28)23-11-14-9-15(22)6-5-13(14)10-24-20(30)31/h5-6,9,16-17,24,27H,7-8,10-12H2,1-4H3,(H,23,28)(H,30,31)/t16-,17-/m0/s1. The predicted molar refractivity (Wildman–Crippen MR) is 117 cm³/mol. The minimum atomic E-state index is -1.21. The first-order valence-corrected chi connectivity index (χ1v) is 10.5. The Hall–Kier alpha value is -2.36. The van der Waals surface area contributed by atoms with E-state index < -0.39 is 29.6 Å². The molecule has 0 saturated carbocycles. The summed E-state index contributed by atoms with van der Waals surface area (Å²) in [7, 11) is 1.87.